The van der Waals surface area contributed by atoms with Crippen molar-refractivity contribution in [1.82, 2.24) is 19.7 Å². The third-order valence-electron chi connectivity index (χ3n) is 4.85. The van der Waals surface area contributed by atoms with Gasteiger partial charge in [-0.05, 0) is 44.7 Å². The van der Waals surface area contributed by atoms with Gasteiger partial charge in [0.2, 0.25) is 0 Å². The average molecular weight is 327 g/mol. The van der Waals surface area contributed by atoms with E-state index < -0.39 is 0 Å². The summed E-state index contributed by atoms with van der Waals surface area (Å²) in [5, 5.41) is 4.36. The number of piperidine rings is 1. The van der Waals surface area contributed by atoms with Gasteiger partial charge in [0.25, 0.3) is 5.91 Å². The maximum atomic E-state index is 13.3. The van der Waals surface area contributed by atoms with Crippen LogP contribution in [0.2, 0.25) is 0 Å². The zero-order valence-electron chi connectivity index (χ0n) is 14.6. The Morgan fingerprint density at radius 2 is 2.17 bits per heavy atom. The van der Waals surface area contributed by atoms with Crippen LogP contribution in [0.5, 0.6) is 0 Å². The van der Waals surface area contributed by atoms with Crippen LogP contribution >= 0.6 is 0 Å². The fourth-order valence-electron chi connectivity index (χ4n) is 3.50. The third-order valence-corrected chi connectivity index (χ3v) is 4.85. The number of benzene rings is 1. The highest BCUT2D eigenvalue weighted by Crippen LogP contribution is 2.26. The zero-order chi connectivity index (χ0) is 17.3. The number of aryl methyl sites for hydroxylation is 2. The predicted molar refractivity (Wildman–Crippen MR) is 93.1 cm³/mol. The molecule has 6 nitrogen and oxygen atoms in total. The molecule has 1 aliphatic heterocycles. The van der Waals surface area contributed by atoms with Crippen molar-refractivity contribution in [1.29, 1.82) is 0 Å². The van der Waals surface area contributed by atoms with Crippen LogP contribution in [0, 0.1) is 19.8 Å². The fourth-order valence-corrected chi connectivity index (χ4v) is 3.50. The SMILES string of the molecule is Cc1ccc(-n2cnc(C)n2)c(C(=O)N2CCC[C@@H](C)[C@H]2CN)c1. The molecule has 24 heavy (non-hydrogen) atoms. The smallest absolute Gasteiger partial charge is 0.256 e. The molecule has 2 N–H and O–H groups in total. The van der Waals surface area contributed by atoms with Gasteiger partial charge in [0.15, 0.2) is 0 Å². The molecule has 0 aliphatic carbocycles. The molecule has 3 rings (SSSR count). The summed E-state index contributed by atoms with van der Waals surface area (Å²) in [4.78, 5) is 19.4. The fraction of sp³-hybridized carbons (Fsp3) is 0.500. The van der Waals surface area contributed by atoms with Crippen molar-refractivity contribution in [2.24, 2.45) is 11.7 Å². The number of nitrogens with zero attached hydrogens (tertiary/aromatic N) is 4. The second-order valence-electron chi connectivity index (χ2n) is 6.68. The molecule has 1 saturated heterocycles. The first-order valence-corrected chi connectivity index (χ1v) is 8.51. The van der Waals surface area contributed by atoms with Gasteiger partial charge in [0, 0.05) is 19.1 Å². The summed E-state index contributed by atoms with van der Waals surface area (Å²) in [6.45, 7) is 7.26. The van der Waals surface area contributed by atoms with E-state index >= 15 is 0 Å². The Morgan fingerprint density at radius 3 is 2.83 bits per heavy atom. The molecule has 2 atom stereocenters. The highest BCUT2D eigenvalue weighted by Gasteiger charge is 2.32. The number of hydrogen-bond acceptors (Lipinski definition) is 4. The second-order valence-corrected chi connectivity index (χ2v) is 6.68. The van der Waals surface area contributed by atoms with E-state index in [1.54, 1.807) is 11.0 Å². The molecule has 1 aromatic heterocycles. The summed E-state index contributed by atoms with van der Waals surface area (Å²) in [5.41, 5.74) is 8.43. The van der Waals surface area contributed by atoms with Crippen LogP contribution in [0.25, 0.3) is 5.69 Å². The maximum Gasteiger partial charge on any atom is 0.256 e. The van der Waals surface area contributed by atoms with Gasteiger partial charge in [-0.1, -0.05) is 18.6 Å². The Hall–Kier alpha value is -2.21. The van der Waals surface area contributed by atoms with E-state index in [9.17, 15) is 4.79 Å². The number of nitrogens with two attached hydrogens (primary N) is 1. The lowest BCUT2D eigenvalue weighted by molar-refractivity contribution is 0.0532. The van der Waals surface area contributed by atoms with Crippen LogP contribution in [-0.4, -0.2) is 44.7 Å². The van der Waals surface area contributed by atoms with Crippen molar-refractivity contribution < 1.29 is 4.79 Å². The van der Waals surface area contributed by atoms with Crippen molar-refractivity contribution in [3.8, 4) is 5.69 Å². The van der Waals surface area contributed by atoms with E-state index in [1.165, 1.54) is 0 Å². The van der Waals surface area contributed by atoms with Gasteiger partial charge in [-0.2, -0.15) is 5.10 Å². The van der Waals surface area contributed by atoms with Gasteiger partial charge >= 0.3 is 0 Å². The van der Waals surface area contributed by atoms with Crippen LogP contribution < -0.4 is 5.73 Å². The lowest BCUT2D eigenvalue weighted by atomic mass is 9.90. The lowest BCUT2D eigenvalue weighted by Crippen LogP contribution is -2.51. The minimum absolute atomic E-state index is 0.0313. The van der Waals surface area contributed by atoms with E-state index in [0.717, 1.165) is 30.6 Å². The summed E-state index contributed by atoms with van der Waals surface area (Å²) in [5.74, 6) is 1.14. The van der Waals surface area contributed by atoms with Crippen molar-refractivity contribution in [2.45, 2.75) is 39.7 Å². The zero-order valence-corrected chi connectivity index (χ0v) is 14.6. The average Bonchev–Trinajstić information content (AvgIpc) is 3.00. The van der Waals surface area contributed by atoms with Gasteiger partial charge in [-0.25, -0.2) is 9.67 Å². The van der Waals surface area contributed by atoms with Gasteiger partial charge < -0.3 is 10.6 Å². The molecule has 1 amide bonds. The van der Waals surface area contributed by atoms with E-state index in [2.05, 4.69) is 17.0 Å². The van der Waals surface area contributed by atoms with Crippen molar-refractivity contribution in [3.05, 3.63) is 41.5 Å². The molecular formula is C18H25N5O. The van der Waals surface area contributed by atoms with E-state index in [4.69, 9.17) is 5.73 Å². The summed E-state index contributed by atoms with van der Waals surface area (Å²) in [6.07, 6.45) is 3.79. The molecule has 0 radical (unpaired) electrons. The maximum absolute atomic E-state index is 13.3. The Labute approximate surface area is 142 Å². The van der Waals surface area contributed by atoms with Gasteiger partial charge in [-0.15, -0.1) is 0 Å². The van der Waals surface area contributed by atoms with Crippen molar-refractivity contribution in [3.63, 3.8) is 0 Å². The number of carbonyl (C=O) groups is 1. The van der Waals surface area contributed by atoms with Gasteiger partial charge in [0.1, 0.15) is 12.2 Å². The molecule has 0 unspecified atom stereocenters. The minimum atomic E-state index is 0.0313. The molecule has 1 aromatic carbocycles. The Kier molecular flexibility index (Phi) is 4.66. The molecule has 0 spiro atoms. The highest BCUT2D eigenvalue weighted by molar-refractivity contribution is 5.98. The topological polar surface area (TPSA) is 77.0 Å². The molecule has 0 bridgehead atoms. The largest absolute Gasteiger partial charge is 0.334 e. The highest BCUT2D eigenvalue weighted by atomic mass is 16.2. The summed E-state index contributed by atoms with van der Waals surface area (Å²) < 4.78 is 1.67. The second kappa shape index (κ2) is 6.73. The first-order chi connectivity index (χ1) is 11.5. The first-order valence-electron chi connectivity index (χ1n) is 8.51. The molecule has 6 heteroatoms. The van der Waals surface area contributed by atoms with E-state index in [-0.39, 0.29) is 11.9 Å². The van der Waals surface area contributed by atoms with Gasteiger partial charge in [0.05, 0.1) is 11.3 Å². The number of carbonyl (C=O) groups excluding carboxylic acids is 1. The monoisotopic (exact) mass is 327 g/mol. The summed E-state index contributed by atoms with van der Waals surface area (Å²) in [7, 11) is 0. The van der Waals surface area contributed by atoms with E-state index in [0.29, 0.717) is 23.9 Å². The van der Waals surface area contributed by atoms with Crippen LogP contribution in [0.15, 0.2) is 24.5 Å². The normalized spacial score (nSPS) is 21.1. The number of hydrogen-bond donors (Lipinski definition) is 1. The Bertz CT molecular complexity index is 739. The van der Waals surface area contributed by atoms with Crippen LogP contribution in [0.1, 0.15) is 41.5 Å². The third kappa shape index (κ3) is 3.06. The number of likely N-dealkylation sites (tertiary alicyclic amines) is 1. The lowest BCUT2D eigenvalue weighted by Gasteiger charge is -2.39. The predicted octanol–water partition coefficient (Wildman–Crippen LogP) is 2.08. The van der Waals surface area contributed by atoms with Crippen LogP contribution in [-0.2, 0) is 0 Å². The molecule has 0 saturated carbocycles. The van der Waals surface area contributed by atoms with E-state index in [1.807, 2.05) is 36.9 Å². The minimum Gasteiger partial charge on any atom is -0.334 e. The quantitative estimate of drug-likeness (QED) is 0.936. The van der Waals surface area contributed by atoms with Crippen LogP contribution in [0.3, 0.4) is 0 Å². The Balaban J connectivity index is 2.01. The van der Waals surface area contributed by atoms with Crippen LogP contribution in [0.4, 0.5) is 0 Å². The molecule has 128 valence electrons. The van der Waals surface area contributed by atoms with Crippen molar-refractivity contribution >= 4 is 5.91 Å². The van der Waals surface area contributed by atoms with Gasteiger partial charge in [-0.3, -0.25) is 4.79 Å². The summed E-state index contributed by atoms with van der Waals surface area (Å²) >= 11 is 0. The number of aromatic nitrogens is 3. The molecular weight excluding hydrogens is 302 g/mol. The van der Waals surface area contributed by atoms with Crippen molar-refractivity contribution in [2.75, 3.05) is 13.1 Å². The first kappa shape index (κ1) is 16.6. The summed E-state index contributed by atoms with van der Waals surface area (Å²) in [6, 6.07) is 5.95. The standard InChI is InChI=1S/C18H25N5O/c1-12-6-7-16(23-11-20-14(3)21-23)15(9-12)18(24)22-8-4-5-13(2)17(22)10-19/h6-7,9,11,13,17H,4-5,8,10,19H2,1-3H3/t13-,17-/m1/s1. The number of rotatable bonds is 3. The number of amides is 1. The molecule has 1 fully saturated rings. The molecule has 2 aromatic rings. The Morgan fingerprint density at radius 1 is 1.38 bits per heavy atom. The molecule has 1 aliphatic rings. The molecule has 2 heterocycles.